The number of rotatable bonds is 4. The van der Waals surface area contributed by atoms with Gasteiger partial charge < -0.3 is 0 Å². The Hall–Kier alpha value is -3.61. The molecule has 1 amide bonds. The third-order valence-corrected chi connectivity index (χ3v) is 3.33. The molecule has 3 aromatic rings. The van der Waals surface area contributed by atoms with Crippen LogP contribution in [0.2, 0.25) is 0 Å². The highest BCUT2D eigenvalue weighted by molar-refractivity contribution is 5.95. The highest BCUT2D eigenvalue weighted by Crippen LogP contribution is 2.15. The average molecular weight is 320 g/mol. The maximum absolute atomic E-state index is 12.1. The number of amides is 1. The van der Waals surface area contributed by atoms with E-state index in [9.17, 15) is 14.9 Å². The fourth-order valence-electron chi connectivity index (χ4n) is 2.17. The highest BCUT2D eigenvalue weighted by atomic mass is 16.6. The number of benzene rings is 2. The summed E-state index contributed by atoms with van der Waals surface area (Å²) >= 11 is 0. The second-order valence-electron chi connectivity index (χ2n) is 4.90. The molecule has 0 spiro atoms. The molecular formula is C17H12N4O3. The summed E-state index contributed by atoms with van der Waals surface area (Å²) in [7, 11) is 0. The van der Waals surface area contributed by atoms with Crippen molar-refractivity contribution >= 4 is 28.7 Å². The minimum atomic E-state index is -0.506. The highest BCUT2D eigenvalue weighted by Gasteiger charge is 2.11. The molecule has 0 radical (unpaired) electrons. The van der Waals surface area contributed by atoms with E-state index < -0.39 is 10.8 Å². The molecular weight excluding hydrogens is 308 g/mol. The van der Waals surface area contributed by atoms with Gasteiger partial charge in [-0.2, -0.15) is 5.10 Å². The summed E-state index contributed by atoms with van der Waals surface area (Å²) in [5.41, 5.74) is 3.46. The Kier molecular flexibility index (Phi) is 4.24. The molecule has 0 saturated heterocycles. The molecule has 0 unspecified atom stereocenters. The molecule has 1 aromatic heterocycles. The Balaban J connectivity index is 1.76. The van der Waals surface area contributed by atoms with Gasteiger partial charge in [-0.05, 0) is 18.2 Å². The first kappa shape index (κ1) is 15.3. The van der Waals surface area contributed by atoms with E-state index in [4.69, 9.17) is 0 Å². The van der Waals surface area contributed by atoms with Crippen molar-refractivity contribution in [2.45, 2.75) is 0 Å². The molecule has 7 heteroatoms. The van der Waals surface area contributed by atoms with Crippen molar-refractivity contribution < 1.29 is 9.72 Å². The van der Waals surface area contributed by atoms with Crippen LogP contribution >= 0.6 is 0 Å². The largest absolute Gasteiger partial charge is 0.289 e. The van der Waals surface area contributed by atoms with Crippen LogP contribution in [0.25, 0.3) is 10.9 Å². The van der Waals surface area contributed by atoms with Gasteiger partial charge in [0.2, 0.25) is 0 Å². The molecule has 0 saturated carbocycles. The molecule has 1 N–H and O–H groups in total. The lowest BCUT2D eigenvalue weighted by Gasteiger charge is -2.01. The minimum absolute atomic E-state index is 0.0840. The number of hydrogen-bond donors (Lipinski definition) is 1. The number of hydrogen-bond acceptors (Lipinski definition) is 5. The van der Waals surface area contributed by atoms with Crippen LogP contribution < -0.4 is 5.43 Å². The van der Waals surface area contributed by atoms with Crippen molar-refractivity contribution in [3.8, 4) is 0 Å². The number of aromatic nitrogens is 1. The predicted molar refractivity (Wildman–Crippen MR) is 89.9 cm³/mol. The van der Waals surface area contributed by atoms with E-state index in [0.717, 1.165) is 5.39 Å². The Morgan fingerprint density at radius 2 is 1.83 bits per heavy atom. The van der Waals surface area contributed by atoms with Crippen molar-refractivity contribution in [2.24, 2.45) is 5.10 Å². The molecule has 2 aromatic carbocycles. The van der Waals surface area contributed by atoms with Crippen LogP contribution in [0.5, 0.6) is 0 Å². The van der Waals surface area contributed by atoms with E-state index in [2.05, 4.69) is 15.5 Å². The monoisotopic (exact) mass is 320 g/mol. The van der Waals surface area contributed by atoms with Crippen molar-refractivity contribution in [1.82, 2.24) is 10.4 Å². The van der Waals surface area contributed by atoms with E-state index in [-0.39, 0.29) is 11.4 Å². The Morgan fingerprint density at radius 3 is 2.67 bits per heavy atom. The van der Waals surface area contributed by atoms with Crippen LogP contribution in [-0.2, 0) is 0 Å². The van der Waals surface area contributed by atoms with Gasteiger partial charge in [0.05, 0.1) is 22.2 Å². The molecule has 0 aliphatic rings. The number of carbonyl (C=O) groups is 1. The maximum Gasteiger partial charge on any atom is 0.289 e. The minimum Gasteiger partial charge on any atom is -0.266 e. The van der Waals surface area contributed by atoms with Crippen molar-refractivity contribution in [1.29, 1.82) is 0 Å². The summed E-state index contributed by atoms with van der Waals surface area (Å²) in [6.45, 7) is 0. The second-order valence-corrected chi connectivity index (χ2v) is 4.90. The number of nitrogens with one attached hydrogen (secondary N) is 1. The number of carbonyl (C=O) groups excluding carboxylic acids is 1. The number of nitro benzene ring substituents is 1. The van der Waals surface area contributed by atoms with E-state index in [0.29, 0.717) is 11.1 Å². The standard InChI is InChI=1S/C17H12N4O3/c22-17(15-10-9-12-5-1-3-7-14(12)19-15)20-18-11-13-6-2-4-8-16(13)21(23)24/h1-11H,(H,20,22)/b18-11+. The fourth-order valence-corrected chi connectivity index (χ4v) is 2.17. The molecule has 118 valence electrons. The topological polar surface area (TPSA) is 97.5 Å². The number of nitrogens with zero attached hydrogens (tertiary/aromatic N) is 3. The molecule has 1 heterocycles. The third-order valence-electron chi connectivity index (χ3n) is 3.33. The van der Waals surface area contributed by atoms with E-state index >= 15 is 0 Å². The third kappa shape index (κ3) is 3.25. The lowest BCUT2D eigenvalue weighted by atomic mass is 10.2. The van der Waals surface area contributed by atoms with Gasteiger partial charge in [0.15, 0.2) is 0 Å². The second kappa shape index (κ2) is 6.66. The Bertz CT molecular complexity index is 953. The predicted octanol–water partition coefficient (Wildman–Crippen LogP) is 2.91. The van der Waals surface area contributed by atoms with Crippen LogP contribution in [0.1, 0.15) is 16.1 Å². The molecule has 0 aliphatic carbocycles. The van der Waals surface area contributed by atoms with Crippen LogP contribution in [0, 0.1) is 10.1 Å². The molecule has 3 rings (SSSR count). The zero-order valence-electron chi connectivity index (χ0n) is 12.4. The van der Waals surface area contributed by atoms with Gasteiger partial charge in [-0.3, -0.25) is 14.9 Å². The number of fused-ring (bicyclic) bond motifs is 1. The maximum atomic E-state index is 12.1. The smallest absolute Gasteiger partial charge is 0.266 e. The summed E-state index contributed by atoms with van der Waals surface area (Å²) in [6.07, 6.45) is 1.23. The van der Waals surface area contributed by atoms with Crippen molar-refractivity contribution in [3.05, 3.63) is 82.0 Å². The zero-order chi connectivity index (χ0) is 16.9. The zero-order valence-corrected chi connectivity index (χ0v) is 12.4. The number of pyridine rings is 1. The first-order valence-corrected chi connectivity index (χ1v) is 7.08. The average Bonchev–Trinajstić information content (AvgIpc) is 2.61. The van der Waals surface area contributed by atoms with Crippen molar-refractivity contribution in [3.63, 3.8) is 0 Å². The molecule has 0 fully saturated rings. The fraction of sp³-hybridized carbons (Fsp3) is 0. The van der Waals surface area contributed by atoms with E-state index in [1.54, 1.807) is 30.3 Å². The SMILES string of the molecule is O=C(N/N=C/c1ccccc1[N+](=O)[O-])c1ccc2ccccc2n1. The molecule has 0 bridgehead atoms. The van der Waals surface area contributed by atoms with Gasteiger partial charge in [0.25, 0.3) is 11.6 Å². The molecule has 0 aliphatic heterocycles. The van der Waals surface area contributed by atoms with E-state index in [1.807, 2.05) is 24.3 Å². The van der Waals surface area contributed by atoms with E-state index in [1.165, 1.54) is 12.3 Å². The van der Waals surface area contributed by atoms with Gasteiger partial charge >= 0.3 is 0 Å². The van der Waals surface area contributed by atoms with Crippen LogP contribution in [0.3, 0.4) is 0 Å². The van der Waals surface area contributed by atoms with Gasteiger partial charge in [-0.1, -0.05) is 36.4 Å². The van der Waals surface area contributed by atoms with Gasteiger partial charge in [-0.25, -0.2) is 10.4 Å². The molecule has 7 nitrogen and oxygen atoms in total. The lowest BCUT2D eigenvalue weighted by Crippen LogP contribution is -2.19. The van der Waals surface area contributed by atoms with Crippen LogP contribution in [0.4, 0.5) is 5.69 Å². The Morgan fingerprint density at radius 1 is 1.08 bits per heavy atom. The van der Waals surface area contributed by atoms with Crippen molar-refractivity contribution in [2.75, 3.05) is 0 Å². The first-order chi connectivity index (χ1) is 11.6. The normalized spacial score (nSPS) is 10.8. The van der Waals surface area contributed by atoms with Gasteiger partial charge in [0, 0.05) is 11.5 Å². The number of hydrazone groups is 1. The summed E-state index contributed by atoms with van der Waals surface area (Å²) < 4.78 is 0. The molecule has 0 atom stereocenters. The number of para-hydroxylation sites is 2. The summed E-state index contributed by atoms with van der Waals surface area (Å²) in [5.74, 6) is -0.490. The number of nitro groups is 1. The summed E-state index contributed by atoms with van der Waals surface area (Å²) in [6, 6.07) is 17.0. The quantitative estimate of drug-likeness (QED) is 0.454. The first-order valence-electron chi connectivity index (χ1n) is 7.08. The van der Waals surface area contributed by atoms with Crippen LogP contribution in [0.15, 0.2) is 65.8 Å². The lowest BCUT2D eigenvalue weighted by molar-refractivity contribution is -0.385. The van der Waals surface area contributed by atoms with Gasteiger partial charge in [0.1, 0.15) is 5.69 Å². The molecule has 24 heavy (non-hydrogen) atoms. The summed E-state index contributed by atoms with van der Waals surface area (Å²) in [4.78, 5) is 26.7. The van der Waals surface area contributed by atoms with Gasteiger partial charge in [-0.15, -0.1) is 0 Å². The van der Waals surface area contributed by atoms with Crippen LogP contribution in [-0.4, -0.2) is 22.0 Å². The summed E-state index contributed by atoms with van der Waals surface area (Å²) in [5, 5.41) is 15.6. The Labute approximate surface area is 136 Å².